The topological polar surface area (TPSA) is 100 Å². The van der Waals surface area contributed by atoms with Gasteiger partial charge in [0.15, 0.2) is 11.6 Å². The van der Waals surface area contributed by atoms with Gasteiger partial charge in [0, 0.05) is 12.3 Å². The van der Waals surface area contributed by atoms with Crippen LogP contribution in [-0.4, -0.2) is 19.9 Å². The molecule has 0 atom stereocenters. The molecule has 2 heterocycles. The van der Waals surface area contributed by atoms with Crippen LogP contribution in [0.5, 0.6) is 0 Å². The molecule has 2 aromatic rings. The fraction of sp³-hybridized carbons (Fsp3) is 0. The van der Waals surface area contributed by atoms with Crippen LogP contribution in [-0.2, 0) is 0 Å². The lowest BCUT2D eigenvalue weighted by molar-refractivity contribution is 1.11. The van der Waals surface area contributed by atoms with E-state index in [0.717, 1.165) is 0 Å². The van der Waals surface area contributed by atoms with E-state index in [4.69, 9.17) is 5.73 Å². The van der Waals surface area contributed by atoms with Crippen molar-refractivity contribution in [2.24, 2.45) is 0 Å². The van der Waals surface area contributed by atoms with Gasteiger partial charge in [-0.15, -0.1) is 0 Å². The van der Waals surface area contributed by atoms with Gasteiger partial charge in [0.25, 0.3) is 5.56 Å². The Morgan fingerprint density at radius 2 is 2.23 bits per heavy atom. The Bertz CT molecular complexity index is 471. The third kappa shape index (κ3) is 1.28. The number of hydrogen-bond acceptors (Lipinski definition) is 4. The number of imidazole rings is 1. The van der Waals surface area contributed by atoms with E-state index in [2.05, 4.69) is 19.9 Å². The Balaban J connectivity index is 2.59. The van der Waals surface area contributed by atoms with Gasteiger partial charge < -0.3 is 15.7 Å². The van der Waals surface area contributed by atoms with E-state index in [1.807, 2.05) is 0 Å². The van der Waals surface area contributed by atoms with Crippen LogP contribution in [0.15, 0.2) is 23.4 Å². The van der Waals surface area contributed by atoms with Crippen LogP contribution in [0, 0.1) is 0 Å². The number of anilines is 1. The predicted molar refractivity (Wildman–Crippen MR) is 46.9 cm³/mol. The van der Waals surface area contributed by atoms with Gasteiger partial charge in [-0.1, -0.05) is 0 Å². The molecule has 0 amide bonds. The molecule has 0 fully saturated rings. The maximum atomic E-state index is 10.9. The van der Waals surface area contributed by atoms with Crippen molar-refractivity contribution in [2.45, 2.75) is 0 Å². The van der Waals surface area contributed by atoms with Gasteiger partial charge in [0.2, 0.25) is 0 Å². The van der Waals surface area contributed by atoms with Gasteiger partial charge in [-0.3, -0.25) is 4.79 Å². The fourth-order valence-corrected chi connectivity index (χ4v) is 0.992. The molecule has 0 spiro atoms. The molecule has 0 bridgehead atoms. The van der Waals surface area contributed by atoms with E-state index in [1.54, 1.807) is 0 Å². The molecule has 0 aliphatic heterocycles. The number of H-pyrrole nitrogens is 2. The fourth-order valence-electron chi connectivity index (χ4n) is 0.992. The van der Waals surface area contributed by atoms with E-state index in [0.29, 0.717) is 17.3 Å². The third-order valence-electron chi connectivity index (χ3n) is 1.58. The normalized spacial score (nSPS) is 10.2. The van der Waals surface area contributed by atoms with Gasteiger partial charge in [0.1, 0.15) is 5.69 Å². The molecular formula is C7H7N5O. The number of hydrogen-bond donors (Lipinski definition) is 3. The minimum Gasteiger partial charge on any atom is -0.382 e. The molecule has 13 heavy (non-hydrogen) atoms. The van der Waals surface area contributed by atoms with Crippen LogP contribution in [0.3, 0.4) is 0 Å². The van der Waals surface area contributed by atoms with Crippen molar-refractivity contribution in [1.82, 2.24) is 19.9 Å². The van der Waals surface area contributed by atoms with E-state index in [9.17, 15) is 4.79 Å². The highest BCUT2D eigenvalue weighted by Crippen LogP contribution is 2.14. The van der Waals surface area contributed by atoms with Gasteiger partial charge in [0.05, 0.1) is 6.33 Å². The van der Waals surface area contributed by atoms with Crippen LogP contribution in [0.4, 0.5) is 5.82 Å². The monoisotopic (exact) mass is 177 g/mol. The second-order valence-corrected chi connectivity index (χ2v) is 2.45. The lowest BCUT2D eigenvalue weighted by atomic mass is 10.4. The largest absolute Gasteiger partial charge is 0.382 e. The first kappa shape index (κ1) is 7.53. The zero-order chi connectivity index (χ0) is 9.26. The summed E-state index contributed by atoms with van der Waals surface area (Å²) in [5, 5.41) is 0. The molecule has 0 saturated heterocycles. The molecule has 2 aromatic heterocycles. The summed E-state index contributed by atoms with van der Waals surface area (Å²) in [5.74, 6) is 0.705. The summed E-state index contributed by atoms with van der Waals surface area (Å²) in [4.78, 5) is 24.0. The molecule has 2 rings (SSSR count). The molecular weight excluding hydrogens is 170 g/mol. The Hall–Kier alpha value is -2.11. The Morgan fingerprint density at radius 1 is 1.38 bits per heavy atom. The standard InChI is InChI=1S/C7H7N5O/c8-6-5(10-3-11-6)7-9-2-1-4(13)12-7/h1-3H,8H2,(H,10,11)(H,9,12,13). The molecule has 0 aliphatic rings. The minimum atomic E-state index is -0.223. The number of nitrogens with zero attached hydrogens (tertiary/aromatic N) is 2. The lowest BCUT2D eigenvalue weighted by Crippen LogP contribution is -2.06. The molecule has 0 saturated carbocycles. The van der Waals surface area contributed by atoms with E-state index in [1.165, 1.54) is 18.6 Å². The SMILES string of the molecule is Nc1nc[nH]c1-c1nccc(=O)[nH]1. The van der Waals surface area contributed by atoms with Gasteiger partial charge in [-0.25, -0.2) is 9.97 Å². The maximum absolute atomic E-state index is 10.9. The second-order valence-electron chi connectivity index (χ2n) is 2.45. The van der Waals surface area contributed by atoms with Crippen molar-refractivity contribution in [3.8, 4) is 11.5 Å². The van der Waals surface area contributed by atoms with E-state index < -0.39 is 0 Å². The summed E-state index contributed by atoms with van der Waals surface area (Å²) in [7, 11) is 0. The van der Waals surface area contributed by atoms with Crippen LogP contribution in [0.2, 0.25) is 0 Å². The lowest BCUT2D eigenvalue weighted by Gasteiger charge is -1.95. The molecule has 0 unspecified atom stereocenters. The Kier molecular flexibility index (Phi) is 1.59. The Labute approximate surface area is 72.9 Å². The highest BCUT2D eigenvalue weighted by Gasteiger charge is 2.05. The van der Waals surface area contributed by atoms with Crippen molar-refractivity contribution >= 4 is 5.82 Å². The van der Waals surface area contributed by atoms with Crippen molar-refractivity contribution in [3.63, 3.8) is 0 Å². The molecule has 6 nitrogen and oxygen atoms in total. The zero-order valence-electron chi connectivity index (χ0n) is 6.61. The highest BCUT2D eigenvalue weighted by molar-refractivity contribution is 5.62. The van der Waals surface area contributed by atoms with Crippen LogP contribution in [0.25, 0.3) is 11.5 Å². The quantitative estimate of drug-likeness (QED) is 0.558. The second kappa shape index (κ2) is 2.74. The highest BCUT2D eigenvalue weighted by atomic mass is 16.1. The minimum absolute atomic E-state index is 0.223. The van der Waals surface area contributed by atoms with Crippen molar-refractivity contribution < 1.29 is 0 Å². The molecule has 66 valence electrons. The first-order valence-electron chi connectivity index (χ1n) is 3.62. The maximum Gasteiger partial charge on any atom is 0.251 e. The van der Waals surface area contributed by atoms with Gasteiger partial charge in [-0.2, -0.15) is 0 Å². The molecule has 6 heteroatoms. The van der Waals surface area contributed by atoms with Crippen molar-refractivity contribution in [2.75, 3.05) is 5.73 Å². The molecule has 0 aromatic carbocycles. The smallest absolute Gasteiger partial charge is 0.251 e. The third-order valence-corrected chi connectivity index (χ3v) is 1.58. The average Bonchev–Trinajstić information content (AvgIpc) is 2.51. The van der Waals surface area contributed by atoms with Gasteiger partial charge in [-0.05, 0) is 0 Å². The van der Waals surface area contributed by atoms with Crippen LogP contribution >= 0.6 is 0 Å². The number of aromatic amines is 2. The summed E-state index contributed by atoms with van der Waals surface area (Å²) in [6.07, 6.45) is 2.85. The van der Waals surface area contributed by atoms with Crippen molar-refractivity contribution in [3.05, 3.63) is 28.9 Å². The number of aromatic nitrogens is 4. The van der Waals surface area contributed by atoms with E-state index >= 15 is 0 Å². The molecule has 0 radical (unpaired) electrons. The summed E-state index contributed by atoms with van der Waals surface area (Å²) >= 11 is 0. The van der Waals surface area contributed by atoms with E-state index in [-0.39, 0.29) is 5.56 Å². The summed E-state index contributed by atoms with van der Waals surface area (Å²) < 4.78 is 0. The summed E-state index contributed by atoms with van der Waals surface area (Å²) in [5.41, 5.74) is 5.82. The molecule has 4 N–H and O–H groups in total. The summed E-state index contributed by atoms with van der Waals surface area (Å²) in [6, 6.07) is 1.33. The van der Waals surface area contributed by atoms with Crippen LogP contribution in [0.1, 0.15) is 0 Å². The zero-order valence-corrected chi connectivity index (χ0v) is 6.61. The number of nitrogens with one attached hydrogen (secondary N) is 2. The number of rotatable bonds is 1. The molecule has 0 aliphatic carbocycles. The number of nitrogen functional groups attached to an aromatic ring is 1. The van der Waals surface area contributed by atoms with Crippen LogP contribution < -0.4 is 11.3 Å². The summed E-state index contributed by atoms with van der Waals surface area (Å²) in [6.45, 7) is 0. The van der Waals surface area contributed by atoms with Gasteiger partial charge >= 0.3 is 0 Å². The number of nitrogens with two attached hydrogens (primary N) is 1. The first-order chi connectivity index (χ1) is 6.27. The Morgan fingerprint density at radius 3 is 2.85 bits per heavy atom. The first-order valence-corrected chi connectivity index (χ1v) is 3.62. The average molecular weight is 177 g/mol. The van der Waals surface area contributed by atoms with Crippen molar-refractivity contribution in [1.29, 1.82) is 0 Å². The predicted octanol–water partition coefficient (Wildman–Crippen LogP) is -0.258.